The zero-order valence-corrected chi connectivity index (χ0v) is 12.3. The van der Waals surface area contributed by atoms with Crippen LogP contribution in [0.1, 0.15) is 36.9 Å². The number of benzene rings is 2. The Kier molecular flexibility index (Phi) is 4.00. The molecule has 0 amide bonds. The van der Waals surface area contributed by atoms with Crippen LogP contribution in [0.25, 0.3) is 0 Å². The van der Waals surface area contributed by atoms with E-state index in [1.807, 2.05) is 37.3 Å². The lowest BCUT2D eigenvalue weighted by Gasteiger charge is -2.27. The van der Waals surface area contributed by atoms with Crippen LogP contribution in [0.5, 0.6) is 11.5 Å². The fraction of sp³-hybridized carbons (Fsp3) is 0.333. The number of nitrogens with one attached hydrogen (secondary N) is 1. The highest BCUT2D eigenvalue weighted by Gasteiger charge is 2.20. The van der Waals surface area contributed by atoms with Gasteiger partial charge in [0, 0.05) is 11.8 Å². The summed E-state index contributed by atoms with van der Waals surface area (Å²) in [5.74, 6) is 1.22. The van der Waals surface area contributed by atoms with Crippen molar-refractivity contribution in [3.63, 3.8) is 0 Å². The quantitative estimate of drug-likeness (QED) is 0.880. The first-order valence-electron chi connectivity index (χ1n) is 7.57. The predicted molar refractivity (Wildman–Crippen MR) is 85.0 cm³/mol. The third-order valence-electron chi connectivity index (χ3n) is 3.93. The molecule has 2 aromatic rings. The number of fused-ring (bicyclic) bond motifs is 1. The number of hydrogen-bond acceptors (Lipinski definition) is 3. The molecular weight excluding hydrogens is 262 g/mol. The molecule has 0 spiro atoms. The standard InChI is InChI=1S/C18H21NO2/c1-2-21-16-7-4-6-14(11-16)19-18-8-3-5-13-9-10-15(20)12-17(13)18/h4,6-7,9-12,18-20H,2-3,5,8H2,1H3. The van der Waals surface area contributed by atoms with Gasteiger partial charge in [-0.1, -0.05) is 12.1 Å². The largest absolute Gasteiger partial charge is 0.508 e. The summed E-state index contributed by atoms with van der Waals surface area (Å²) < 4.78 is 5.54. The number of anilines is 1. The van der Waals surface area contributed by atoms with E-state index in [9.17, 15) is 5.11 Å². The zero-order chi connectivity index (χ0) is 14.7. The van der Waals surface area contributed by atoms with Crippen LogP contribution in [0.3, 0.4) is 0 Å². The minimum absolute atomic E-state index is 0.248. The van der Waals surface area contributed by atoms with Crippen molar-refractivity contribution in [2.75, 3.05) is 11.9 Å². The van der Waals surface area contributed by atoms with Gasteiger partial charge in [0.1, 0.15) is 11.5 Å². The van der Waals surface area contributed by atoms with Gasteiger partial charge < -0.3 is 15.2 Å². The lowest BCUT2D eigenvalue weighted by atomic mass is 9.87. The second-order valence-electron chi connectivity index (χ2n) is 5.43. The van der Waals surface area contributed by atoms with Gasteiger partial charge >= 0.3 is 0 Å². The molecule has 3 nitrogen and oxygen atoms in total. The molecular formula is C18H21NO2. The molecule has 3 rings (SSSR count). The summed E-state index contributed by atoms with van der Waals surface area (Å²) in [6, 6.07) is 14.0. The van der Waals surface area contributed by atoms with E-state index in [2.05, 4.69) is 11.4 Å². The zero-order valence-electron chi connectivity index (χ0n) is 12.3. The predicted octanol–water partition coefficient (Wildman–Crippen LogP) is 4.28. The summed E-state index contributed by atoms with van der Waals surface area (Å²) >= 11 is 0. The van der Waals surface area contributed by atoms with Crippen LogP contribution in [0.15, 0.2) is 42.5 Å². The Morgan fingerprint density at radius 1 is 1.24 bits per heavy atom. The number of rotatable bonds is 4. The summed E-state index contributed by atoms with van der Waals surface area (Å²) in [6.45, 7) is 2.66. The van der Waals surface area contributed by atoms with Gasteiger partial charge in [-0.25, -0.2) is 0 Å². The Morgan fingerprint density at radius 3 is 3.00 bits per heavy atom. The molecule has 21 heavy (non-hydrogen) atoms. The van der Waals surface area contributed by atoms with Crippen molar-refractivity contribution in [3.05, 3.63) is 53.6 Å². The third kappa shape index (κ3) is 3.13. The van der Waals surface area contributed by atoms with Gasteiger partial charge in [0.2, 0.25) is 0 Å². The fourth-order valence-electron chi connectivity index (χ4n) is 2.98. The summed E-state index contributed by atoms with van der Waals surface area (Å²) in [6.07, 6.45) is 3.34. The van der Waals surface area contributed by atoms with Crippen molar-refractivity contribution in [2.24, 2.45) is 0 Å². The van der Waals surface area contributed by atoms with Crippen LogP contribution in [0.4, 0.5) is 5.69 Å². The van der Waals surface area contributed by atoms with Crippen LogP contribution in [-0.2, 0) is 6.42 Å². The highest BCUT2D eigenvalue weighted by molar-refractivity contribution is 5.51. The molecule has 0 bridgehead atoms. The number of ether oxygens (including phenoxy) is 1. The van der Waals surface area contributed by atoms with E-state index in [-0.39, 0.29) is 6.04 Å². The van der Waals surface area contributed by atoms with Crippen LogP contribution in [-0.4, -0.2) is 11.7 Å². The number of phenols is 1. The van der Waals surface area contributed by atoms with Gasteiger partial charge in [-0.2, -0.15) is 0 Å². The van der Waals surface area contributed by atoms with Crippen molar-refractivity contribution < 1.29 is 9.84 Å². The normalized spacial score (nSPS) is 17.1. The average molecular weight is 283 g/mol. The molecule has 3 heteroatoms. The highest BCUT2D eigenvalue weighted by Crippen LogP contribution is 2.35. The summed E-state index contributed by atoms with van der Waals surface area (Å²) in [4.78, 5) is 0. The number of hydrogen-bond donors (Lipinski definition) is 2. The number of aryl methyl sites for hydroxylation is 1. The van der Waals surface area contributed by atoms with E-state index >= 15 is 0 Å². The summed E-state index contributed by atoms with van der Waals surface area (Å²) in [5, 5.41) is 13.3. The monoisotopic (exact) mass is 283 g/mol. The SMILES string of the molecule is CCOc1cccc(NC2CCCc3ccc(O)cc32)c1. The van der Waals surface area contributed by atoms with E-state index in [1.54, 1.807) is 6.07 Å². The van der Waals surface area contributed by atoms with E-state index in [1.165, 1.54) is 17.5 Å². The number of phenolic OH excluding ortho intramolecular Hbond substituents is 1. The fourth-order valence-corrected chi connectivity index (χ4v) is 2.98. The van der Waals surface area contributed by atoms with Crippen LogP contribution >= 0.6 is 0 Å². The van der Waals surface area contributed by atoms with Gasteiger partial charge in [0.05, 0.1) is 12.6 Å². The first-order valence-corrected chi connectivity index (χ1v) is 7.57. The molecule has 0 fully saturated rings. The maximum absolute atomic E-state index is 9.74. The van der Waals surface area contributed by atoms with Crippen molar-refractivity contribution >= 4 is 5.69 Å². The summed E-state index contributed by atoms with van der Waals surface area (Å²) in [5.41, 5.74) is 3.60. The Hall–Kier alpha value is -2.16. The van der Waals surface area contributed by atoms with Gasteiger partial charge in [0.15, 0.2) is 0 Å². The van der Waals surface area contributed by atoms with Crippen molar-refractivity contribution in [1.82, 2.24) is 0 Å². The van der Waals surface area contributed by atoms with Crippen molar-refractivity contribution in [3.8, 4) is 11.5 Å². The molecule has 0 heterocycles. The van der Waals surface area contributed by atoms with Crippen molar-refractivity contribution in [2.45, 2.75) is 32.2 Å². The lowest BCUT2D eigenvalue weighted by Crippen LogP contribution is -2.17. The molecule has 0 radical (unpaired) electrons. The second kappa shape index (κ2) is 6.08. The average Bonchev–Trinajstić information content (AvgIpc) is 2.49. The van der Waals surface area contributed by atoms with E-state index in [4.69, 9.17) is 4.74 Å². The minimum atomic E-state index is 0.248. The Morgan fingerprint density at radius 2 is 2.14 bits per heavy atom. The maximum Gasteiger partial charge on any atom is 0.121 e. The highest BCUT2D eigenvalue weighted by atomic mass is 16.5. The van der Waals surface area contributed by atoms with Gasteiger partial charge in [-0.05, 0) is 61.6 Å². The molecule has 0 aromatic heterocycles. The molecule has 0 saturated heterocycles. The van der Waals surface area contributed by atoms with E-state index in [0.29, 0.717) is 12.4 Å². The van der Waals surface area contributed by atoms with Gasteiger partial charge in [0.25, 0.3) is 0 Å². The molecule has 0 aliphatic heterocycles. The second-order valence-corrected chi connectivity index (χ2v) is 5.43. The van der Waals surface area contributed by atoms with Crippen LogP contribution in [0.2, 0.25) is 0 Å². The molecule has 1 aliphatic rings. The van der Waals surface area contributed by atoms with E-state index in [0.717, 1.165) is 24.3 Å². The van der Waals surface area contributed by atoms with Crippen molar-refractivity contribution in [1.29, 1.82) is 0 Å². The van der Waals surface area contributed by atoms with Gasteiger partial charge in [-0.3, -0.25) is 0 Å². The van der Waals surface area contributed by atoms with Crippen LogP contribution < -0.4 is 10.1 Å². The Balaban J connectivity index is 1.83. The molecule has 1 aliphatic carbocycles. The first-order chi connectivity index (χ1) is 10.3. The van der Waals surface area contributed by atoms with Crippen LogP contribution in [0, 0.1) is 0 Å². The topological polar surface area (TPSA) is 41.5 Å². The molecule has 2 aromatic carbocycles. The maximum atomic E-state index is 9.74. The molecule has 2 N–H and O–H groups in total. The number of aromatic hydroxyl groups is 1. The Labute approximate surface area is 125 Å². The van der Waals surface area contributed by atoms with E-state index < -0.39 is 0 Å². The molecule has 0 saturated carbocycles. The Bertz CT molecular complexity index is 624. The molecule has 1 atom stereocenters. The third-order valence-corrected chi connectivity index (χ3v) is 3.93. The lowest BCUT2D eigenvalue weighted by molar-refractivity contribution is 0.340. The smallest absolute Gasteiger partial charge is 0.121 e. The molecule has 1 unspecified atom stereocenters. The molecule has 110 valence electrons. The van der Waals surface area contributed by atoms with Gasteiger partial charge in [-0.15, -0.1) is 0 Å². The minimum Gasteiger partial charge on any atom is -0.508 e. The summed E-state index contributed by atoms with van der Waals surface area (Å²) in [7, 11) is 0. The first kappa shape index (κ1) is 13.8.